The van der Waals surface area contributed by atoms with Gasteiger partial charge in [-0.2, -0.15) is 5.10 Å². The minimum Gasteiger partial charge on any atom is -0.457 e. The molecule has 6 heteroatoms. The fourth-order valence-electron chi connectivity index (χ4n) is 2.97. The molecule has 0 atom stereocenters. The summed E-state index contributed by atoms with van der Waals surface area (Å²) in [6.07, 6.45) is 0.818. The number of aliphatic hydroxyl groups is 1. The van der Waals surface area contributed by atoms with Crippen LogP contribution in [0.3, 0.4) is 0 Å². The van der Waals surface area contributed by atoms with Crippen LogP contribution in [-0.4, -0.2) is 34.5 Å². The molecule has 0 amide bonds. The van der Waals surface area contributed by atoms with Gasteiger partial charge in [0, 0.05) is 5.39 Å². The molecule has 2 heterocycles. The van der Waals surface area contributed by atoms with Crippen molar-refractivity contribution in [3.8, 4) is 11.5 Å². The van der Waals surface area contributed by atoms with Crippen molar-refractivity contribution in [2.75, 3.05) is 13.2 Å². The summed E-state index contributed by atoms with van der Waals surface area (Å²) >= 11 is 0. The Morgan fingerprint density at radius 3 is 2.74 bits per heavy atom. The van der Waals surface area contributed by atoms with Gasteiger partial charge < -0.3 is 14.3 Å². The summed E-state index contributed by atoms with van der Waals surface area (Å²) < 4.78 is 10.5. The number of esters is 1. The second kappa shape index (κ2) is 7.47. The predicted molar refractivity (Wildman–Crippen MR) is 100 cm³/mol. The maximum absolute atomic E-state index is 11.9. The highest BCUT2D eigenvalue weighted by molar-refractivity contribution is 5.93. The molecule has 2 aromatic carbocycles. The molecule has 0 radical (unpaired) electrons. The lowest BCUT2D eigenvalue weighted by Crippen LogP contribution is -2.07. The fourth-order valence-corrected chi connectivity index (χ4v) is 2.97. The monoisotopic (exact) mass is 362 g/mol. The second-order valence-electron chi connectivity index (χ2n) is 6.14. The minimum absolute atomic E-state index is 0.0664. The summed E-state index contributed by atoms with van der Waals surface area (Å²) in [5.74, 6) is -0.0518. The Hall–Kier alpha value is -3.38. The SMILES string of the molecule is O=C(OCCO)c1ccc(-c2n[nH]c3ccc(Cc4ccccc4)cc23)o1. The lowest BCUT2D eigenvalue weighted by molar-refractivity contribution is 0.0399. The van der Waals surface area contributed by atoms with Gasteiger partial charge in [0.15, 0.2) is 5.76 Å². The molecule has 0 aliphatic carbocycles. The molecule has 4 rings (SSSR count). The fraction of sp³-hybridized carbons (Fsp3) is 0.143. The Labute approximate surface area is 155 Å². The zero-order valence-electron chi connectivity index (χ0n) is 14.5. The first kappa shape index (κ1) is 17.1. The molecule has 2 N–H and O–H groups in total. The number of hydrogen-bond donors (Lipinski definition) is 2. The lowest BCUT2D eigenvalue weighted by Gasteiger charge is -2.02. The summed E-state index contributed by atoms with van der Waals surface area (Å²) in [6, 6.07) is 19.6. The van der Waals surface area contributed by atoms with Crippen molar-refractivity contribution in [3.05, 3.63) is 77.6 Å². The number of H-pyrrole nitrogens is 1. The van der Waals surface area contributed by atoms with Crippen LogP contribution in [0.2, 0.25) is 0 Å². The quantitative estimate of drug-likeness (QED) is 0.512. The Bertz CT molecular complexity index is 1070. The molecule has 6 nitrogen and oxygen atoms in total. The number of aromatic amines is 1. The molecule has 4 aromatic rings. The number of aliphatic hydroxyl groups excluding tert-OH is 1. The first-order chi connectivity index (χ1) is 13.2. The van der Waals surface area contributed by atoms with E-state index in [1.165, 1.54) is 5.56 Å². The number of hydrogen-bond acceptors (Lipinski definition) is 5. The highest BCUT2D eigenvalue weighted by Crippen LogP contribution is 2.29. The Morgan fingerprint density at radius 2 is 1.93 bits per heavy atom. The molecule has 0 saturated carbocycles. The van der Waals surface area contributed by atoms with Crippen LogP contribution < -0.4 is 0 Å². The maximum atomic E-state index is 11.9. The highest BCUT2D eigenvalue weighted by Gasteiger charge is 2.17. The molecule has 27 heavy (non-hydrogen) atoms. The van der Waals surface area contributed by atoms with Gasteiger partial charge in [-0.3, -0.25) is 5.10 Å². The van der Waals surface area contributed by atoms with E-state index in [0.717, 1.165) is 22.9 Å². The Balaban J connectivity index is 1.63. The Kier molecular flexibility index (Phi) is 4.72. The lowest BCUT2D eigenvalue weighted by atomic mass is 10.0. The van der Waals surface area contributed by atoms with Gasteiger partial charge in [0.05, 0.1) is 12.1 Å². The van der Waals surface area contributed by atoms with Crippen LogP contribution in [0.15, 0.2) is 65.1 Å². The number of nitrogens with zero attached hydrogens (tertiary/aromatic N) is 1. The second-order valence-corrected chi connectivity index (χ2v) is 6.14. The van der Waals surface area contributed by atoms with E-state index in [9.17, 15) is 4.79 Å². The van der Waals surface area contributed by atoms with Gasteiger partial charge in [0.2, 0.25) is 5.76 Å². The van der Waals surface area contributed by atoms with Gasteiger partial charge in [-0.1, -0.05) is 36.4 Å². The zero-order chi connectivity index (χ0) is 18.6. The van der Waals surface area contributed by atoms with Crippen LogP contribution >= 0.6 is 0 Å². The molecular weight excluding hydrogens is 344 g/mol. The van der Waals surface area contributed by atoms with Crippen LogP contribution in [-0.2, 0) is 11.2 Å². The van der Waals surface area contributed by atoms with Gasteiger partial charge >= 0.3 is 5.97 Å². The average molecular weight is 362 g/mol. The Morgan fingerprint density at radius 1 is 1.07 bits per heavy atom. The number of rotatable bonds is 6. The van der Waals surface area contributed by atoms with Crippen LogP contribution in [0.5, 0.6) is 0 Å². The number of ether oxygens (including phenoxy) is 1. The summed E-state index contributed by atoms with van der Waals surface area (Å²) in [5.41, 5.74) is 3.92. The summed E-state index contributed by atoms with van der Waals surface area (Å²) in [7, 11) is 0. The molecule has 136 valence electrons. The zero-order valence-corrected chi connectivity index (χ0v) is 14.5. The smallest absolute Gasteiger partial charge is 0.374 e. The molecule has 0 fully saturated rings. The third kappa shape index (κ3) is 3.61. The number of carbonyl (C=O) groups is 1. The van der Waals surface area contributed by atoms with Crippen LogP contribution in [0.25, 0.3) is 22.4 Å². The van der Waals surface area contributed by atoms with Gasteiger partial charge in [0.1, 0.15) is 12.3 Å². The van der Waals surface area contributed by atoms with E-state index in [4.69, 9.17) is 14.3 Å². The largest absolute Gasteiger partial charge is 0.457 e. The van der Waals surface area contributed by atoms with E-state index in [1.807, 2.05) is 24.3 Å². The van der Waals surface area contributed by atoms with Gasteiger partial charge in [-0.05, 0) is 41.8 Å². The summed E-state index contributed by atoms with van der Waals surface area (Å²) in [5, 5.41) is 17.0. The van der Waals surface area contributed by atoms with E-state index >= 15 is 0 Å². The van der Waals surface area contributed by atoms with E-state index in [0.29, 0.717) is 11.5 Å². The van der Waals surface area contributed by atoms with Crippen molar-refractivity contribution in [1.29, 1.82) is 0 Å². The van der Waals surface area contributed by atoms with Gasteiger partial charge in [-0.15, -0.1) is 0 Å². The molecule has 0 aliphatic heterocycles. The highest BCUT2D eigenvalue weighted by atomic mass is 16.6. The van der Waals surface area contributed by atoms with Crippen molar-refractivity contribution in [3.63, 3.8) is 0 Å². The molecule has 0 bridgehead atoms. The normalized spacial score (nSPS) is 11.0. The van der Waals surface area contributed by atoms with Crippen molar-refractivity contribution in [2.24, 2.45) is 0 Å². The third-order valence-electron chi connectivity index (χ3n) is 4.24. The van der Waals surface area contributed by atoms with Crippen molar-refractivity contribution < 1.29 is 19.1 Å². The standard InChI is InChI=1S/C21H18N2O4/c24-10-11-26-21(25)19-9-8-18(27-19)20-16-13-15(6-7-17(16)22-23-20)12-14-4-2-1-3-5-14/h1-9,13,24H,10-12H2,(H,22,23). The predicted octanol–water partition coefficient (Wildman–Crippen LogP) is 3.56. The first-order valence-electron chi connectivity index (χ1n) is 8.64. The maximum Gasteiger partial charge on any atom is 0.374 e. The molecule has 0 spiro atoms. The minimum atomic E-state index is -0.611. The van der Waals surface area contributed by atoms with E-state index < -0.39 is 5.97 Å². The van der Waals surface area contributed by atoms with E-state index in [-0.39, 0.29) is 19.0 Å². The molecule has 2 aromatic heterocycles. The van der Waals surface area contributed by atoms with Gasteiger partial charge in [0.25, 0.3) is 0 Å². The van der Waals surface area contributed by atoms with E-state index in [1.54, 1.807) is 12.1 Å². The first-order valence-corrected chi connectivity index (χ1v) is 8.64. The number of benzene rings is 2. The van der Waals surface area contributed by atoms with Crippen LogP contribution in [0.1, 0.15) is 21.7 Å². The molecule has 0 saturated heterocycles. The van der Waals surface area contributed by atoms with Crippen molar-refractivity contribution in [1.82, 2.24) is 10.2 Å². The van der Waals surface area contributed by atoms with E-state index in [2.05, 4.69) is 34.5 Å². The average Bonchev–Trinajstić information content (AvgIpc) is 3.33. The number of aromatic nitrogens is 2. The topological polar surface area (TPSA) is 88.4 Å². The number of nitrogens with one attached hydrogen (secondary N) is 1. The van der Waals surface area contributed by atoms with Crippen molar-refractivity contribution >= 4 is 16.9 Å². The summed E-state index contributed by atoms with van der Waals surface area (Å²) in [4.78, 5) is 11.9. The molecular formula is C21H18N2O4. The molecule has 0 unspecified atom stereocenters. The van der Waals surface area contributed by atoms with Crippen LogP contribution in [0.4, 0.5) is 0 Å². The number of furan rings is 1. The van der Waals surface area contributed by atoms with Crippen molar-refractivity contribution in [2.45, 2.75) is 6.42 Å². The summed E-state index contributed by atoms with van der Waals surface area (Å²) in [6.45, 7) is -0.295. The molecule has 0 aliphatic rings. The van der Waals surface area contributed by atoms with Crippen LogP contribution in [0, 0.1) is 0 Å². The number of carbonyl (C=O) groups excluding carboxylic acids is 1. The number of fused-ring (bicyclic) bond motifs is 1. The van der Waals surface area contributed by atoms with Gasteiger partial charge in [-0.25, -0.2) is 4.79 Å². The third-order valence-corrected chi connectivity index (χ3v) is 4.24.